The number of benzene rings is 3. The Balaban J connectivity index is 1.55. The van der Waals surface area contributed by atoms with Crippen LogP contribution < -0.4 is 0 Å². The van der Waals surface area contributed by atoms with Crippen molar-refractivity contribution in [2.75, 3.05) is 0 Å². The summed E-state index contributed by atoms with van der Waals surface area (Å²) in [5.41, 5.74) is -0.395. The van der Waals surface area contributed by atoms with Gasteiger partial charge in [0.05, 0.1) is 28.4 Å². The zero-order valence-corrected chi connectivity index (χ0v) is 19.9. The number of carbonyl (C=O) groups excluding carboxylic acids is 3. The molecule has 0 saturated carbocycles. The molecule has 3 atom stereocenters. The number of rotatable bonds is 0. The van der Waals surface area contributed by atoms with E-state index >= 15 is 0 Å². The molecule has 7 rings (SSSR count). The number of aryl methyl sites for hydroxylation is 1. The molecule has 0 aromatic heterocycles. The normalized spacial score (nSPS) is 24.4. The second-order valence-corrected chi connectivity index (χ2v) is 10.4. The van der Waals surface area contributed by atoms with Crippen LogP contribution in [0.5, 0.6) is 17.2 Å². The first-order valence-corrected chi connectivity index (χ1v) is 12.1. The van der Waals surface area contributed by atoms with Crippen LogP contribution >= 0.6 is 0 Å². The Labute approximate surface area is 215 Å². The summed E-state index contributed by atoms with van der Waals surface area (Å²) in [6, 6.07) is 8.57. The Hall–Kier alpha value is -4.69. The Bertz CT molecular complexity index is 1780. The Morgan fingerprint density at radius 1 is 0.842 bits per heavy atom. The number of carbonyl (C=O) groups is 3. The fraction of sp³-hybridized carbons (Fsp3) is 0.167. The summed E-state index contributed by atoms with van der Waals surface area (Å²) in [5, 5.41) is 55.1. The lowest BCUT2D eigenvalue weighted by Crippen LogP contribution is -2.43. The van der Waals surface area contributed by atoms with Crippen molar-refractivity contribution in [1.82, 2.24) is 0 Å². The summed E-state index contributed by atoms with van der Waals surface area (Å²) in [6.07, 6.45) is 1.42. The molecule has 8 heteroatoms. The van der Waals surface area contributed by atoms with E-state index in [0.29, 0.717) is 16.7 Å². The van der Waals surface area contributed by atoms with Gasteiger partial charge in [0.1, 0.15) is 23.0 Å². The summed E-state index contributed by atoms with van der Waals surface area (Å²) in [5.74, 6) is -4.21. The van der Waals surface area contributed by atoms with Crippen LogP contribution in [0, 0.1) is 12.3 Å². The van der Waals surface area contributed by atoms with Crippen LogP contribution in [-0.2, 0) is 11.2 Å². The highest BCUT2D eigenvalue weighted by molar-refractivity contribution is 6.31. The molecule has 0 aliphatic heterocycles. The van der Waals surface area contributed by atoms with Gasteiger partial charge in [-0.1, -0.05) is 24.3 Å². The average Bonchev–Trinajstić information content (AvgIpc) is 3.18. The molecule has 0 heterocycles. The minimum atomic E-state index is -1.45. The largest absolute Gasteiger partial charge is 0.507 e. The molecule has 5 N–H and O–H groups in total. The predicted molar refractivity (Wildman–Crippen MR) is 133 cm³/mol. The van der Waals surface area contributed by atoms with E-state index in [0.717, 1.165) is 0 Å². The van der Waals surface area contributed by atoms with Crippen molar-refractivity contribution in [1.29, 1.82) is 0 Å². The molecule has 3 aromatic carbocycles. The van der Waals surface area contributed by atoms with Gasteiger partial charge in [0.2, 0.25) is 5.78 Å². The van der Waals surface area contributed by atoms with Crippen LogP contribution in [0.15, 0.2) is 54.1 Å². The van der Waals surface area contributed by atoms with Gasteiger partial charge in [-0.3, -0.25) is 14.4 Å². The van der Waals surface area contributed by atoms with Crippen molar-refractivity contribution in [3.05, 3.63) is 104 Å². The van der Waals surface area contributed by atoms with Gasteiger partial charge in [-0.15, -0.1) is 0 Å². The van der Waals surface area contributed by atoms with Crippen LogP contribution in [0.4, 0.5) is 0 Å². The molecule has 188 valence electrons. The van der Waals surface area contributed by atoms with E-state index in [4.69, 9.17) is 0 Å². The first-order valence-electron chi connectivity index (χ1n) is 12.1. The van der Waals surface area contributed by atoms with E-state index in [-0.39, 0.29) is 56.9 Å². The molecular weight excluding hydrogens is 488 g/mol. The molecule has 1 spiro atoms. The molecule has 8 nitrogen and oxygen atoms in total. The highest BCUT2D eigenvalue weighted by Crippen LogP contribution is 2.66. The average molecular weight is 508 g/mol. The summed E-state index contributed by atoms with van der Waals surface area (Å²) in [7, 11) is 0. The monoisotopic (exact) mass is 508 g/mol. The summed E-state index contributed by atoms with van der Waals surface area (Å²) in [4.78, 5) is 40.5. The fourth-order valence-corrected chi connectivity index (χ4v) is 7.04. The van der Waals surface area contributed by atoms with E-state index in [9.17, 15) is 39.9 Å². The van der Waals surface area contributed by atoms with Gasteiger partial charge in [0.15, 0.2) is 11.6 Å². The third kappa shape index (κ3) is 2.41. The number of phenols is 3. The van der Waals surface area contributed by atoms with Crippen molar-refractivity contribution < 1.29 is 39.9 Å². The third-order valence-electron chi connectivity index (χ3n) is 8.45. The lowest BCUT2D eigenvalue weighted by molar-refractivity contribution is -0.114. The second kappa shape index (κ2) is 6.99. The number of aliphatic hydroxyl groups excluding tert-OH is 2. The zero-order valence-electron chi connectivity index (χ0n) is 19.9. The summed E-state index contributed by atoms with van der Waals surface area (Å²) < 4.78 is 0. The topological polar surface area (TPSA) is 152 Å². The predicted octanol–water partition coefficient (Wildman–Crippen LogP) is 3.67. The number of aliphatic hydroxyl groups is 2. The quantitative estimate of drug-likeness (QED) is 0.241. The Kier molecular flexibility index (Phi) is 4.14. The maximum absolute atomic E-state index is 13.8. The van der Waals surface area contributed by atoms with E-state index in [1.807, 2.05) is 0 Å². The highest BCUT2D eigenvalue weighted by Gasteiger charge is 2.61. The van der Waals surface area contributed by atoms with Crippen molar-refractivity contribution in [3.63, 3.8) is 0 Å². The summed E-state index contributed by atoms with van der Waals surface area (Å²) in [6.45, 7) is 1.72. The van der Waals surface area contributed by atoms with Gasteiger partial charge in [0, 0.05) is 22.5 Å². The van der Waals surface area contributed by atoms with E-state index < -0.39 is 46.3 Å². The zero-order chi connectivity index (χ0) is 26.8. The minimum absolute atomic E-state index is 0.0131. The lowest BCUT2D eigenvalue weighted by Gasteiger charge is -2.46. The van der Waals surface area contributed by atoms with E-state index in [2.05, 4.69) is 0 Å². The number of ketones is 3. The molecular formula is C30H20O8. The number of aromatic hydroxyl groups is 3. The third-order valence-corrected chi connectivity index (χ3v) is 8.45. The van der Waals surface area contributed by atoms with Crippen molar-refractivity contribution in [2.45, 2.75) is 25.4 Å². The number of fused-ring (bicyclic) bond motifs is 6. The Morgan fingerprint density at radius 2 is 1.58 bits per heavy atom. The molecule has 38 heavy (non-hydrogen) atoms. The van der Waals surface area contributed by atoms with Crippen molar-refractivity contribution >= 4 is 23.1 Å². The number of allylic oxidation sites excluding steroid dienone is 2. The molecule has 0 bridgehead atoms. The molecule has 0 fully saturated rings. The highest BCUT2D eigenvalue weighted by atomic mass is 16.3. The molecule has 4 aliphatic rings. The molecule has 3 aromatic rings. The maximum Gasteiger partial charge on any atom is 0.201 e. The van der Waals surface area contributed by atoms with E-state index in [1.54, 1.807) is 19.1 Å². The van der Waals surface area contributed by atoms with Gasteiger partial charge >= 0.3 is 0 Å². The van der Waals surface area contributed by atoms with Gasteiger partial charge < -0.3 is 25.5 Å². The summed E-state index contributed by atoms with van der Waals surface area (Å²) >= 11 is 0. The number of phenolic OH excluding ortho intramolecular Hbond substituents is 3. The number of hydrogen-bond acceptors (Lipinski definition) is 8. The smallest absolute Gasteiger partial charge is 0.201 e. The van der Waals surface area contributed by atoms with Crippen LogP contribution in [0.3, 0.4) is 0 Å². The lowest BCUT2D eigenvalue weighted by atomic mass is 9.57. The van der Waals surface area contributed by atoms with Crippen molar-refractivity contribution in [2.24, 2.45) is 5.41 Å². The van der Waals surface area contributed by atoms with Gasteiger partial charge in [-0.05, 0) is 59.9 Å². The van der Waals surface area contributed by atoms with Crippen LogP contribution in [0.25, 0.3) is 5.76 Å². The molecule has 0 saturated heterocycles. The number of hydrogen-bond donors (Lipinski definition) is 5. The van der Waals surface area contributed by atoms with Crippen LogP contribution in [0.2, 0.25) is 0 Å². The van der Waals surface area contributed by atoms with Gasteiger partial charge in [-0.2, -0.15) is 0 Å². The molecule has 4 aliphatic carbocycles. The van der Waals surface area contributed by atoms with Gasteiger partial charge in [0.25, 0.3) is 0 Å². The van der Waals surface area contributed by atoms with Crippen LogP contribution in [-0.4, -0.2) is 42.9 Å². The standard InChI is InChI=1S/C30H20O8/c1-11-7-14-22(18(33)8-11)28(37)25-17(32)6-5-15-20-12(10-30(15,25)29(14)38)9-19(34)23-24(20)26(35)13-3-2-4-16(31)21(13)27(23)36/h2-9,15,29,31,33-34,37-38H,10H2,1H3. The fourth-order valence-electron chi connectivity index (χ4n) is 7.04. The van der Waals surface area contributed by atoms with Crippen molar-refractivity contribution in [3.8, 4) is 17.2 Å². The SMILES string of the molecule is Cc1cc(O)c2c(c1)C(O)C13Cc4cc(O)c5c(c4C1C=CC(=O)C3=C2O)C(=O)c1cccc(O)c1C5=O. The first kappa shape index (κ1) is 22.5. The van der Waals surface area contributed by atoms with Gasteiger partial charge in [-0.25, -0.2) is 0 Å². The Morgan fingerprint density at radius 3 is 2.34 bits per heavy atom. The maximum atomic E-state index is 13.8. The second-order valence-electron chi connectivity index (χ2n) is 10.4. The molecule has 3 unspecified atom stereocenters. The van der Waals surface area contributed by atoms with E-state index in [1.165, 1.54) is 36.4 Å². The molecule has 0 amide bonds. The first-order chi connectivity index (χ1) is 18.1. The minimum Gasteiger partial charge on any atom is -0.507 e. The van der Waals surface area contributed by atoms with Crippen LogP contribution in [0.1, 0.15) is 71.7 Å². The molecule has 0 radical (unpaired) electrons.